The molecule has 3 aromatic carbocycles. The zero-order valence-corrected chi connectivity index (χ0v) is 18.9. The largest absolute Gasteiger partial charge is 0.493 e. The molecule has 0 aliphatic heterocycles. The van der Waals surface area contributed by atoms with Crippen LogP contribution in [0.2, 0.25) is 5.02 Å². The van der Waals surface area contributed by atoms with Crippen LogP contribution in [0, 0.1) is 0 Å². The van der Waals surface area contributed by atoms with Crippen LogP contribution in [0.15, 0.2) is 76.3 Å². The van der Waals surface area contributed by atoms with Crippen molar-refractivity contribution in [3.63, 3.8) is 0 Å². The lowest BCUT2D eigenvalue weighted by Gasteiger charge is -2.14. The molecule has 1 atom stereocenters. The number of amides is 1. The van der Waals surface area contributed by atoms with Gasteiger partial charge in [-0.3, -0.25) is 4.79 Å². The number of hydrazone groups is 1. The molecular weight excluding hydrogens is 484 g/mol. The summed E-state index contributed by atoms with van der Waals surface area (Å²) in [5, 5.41) is 14.6. The number of hydrogen-bond donors (Lipinski definition) is 2. The molecule has 0 radical (unpaired) electrons. The number of hydrogen-bond acceptors (Lipinski definition) is 5. The SMILES string of the molecule is COc1cc(/C=N\NC(=O)[C@@H](O)c2ccccc2)cc(Br)c1OCc1ccccc1Cl. The maximum absolute atomic E-state index is 12.1. The van der Waals surface area contributed by atoms with Gasteiger partial charge in [-0.2, -0.15) is 5.10 Å². The summed E-state index contributed by atoms with van der Waals surface area (Å²) in [5.41, 5.74) is 4.32. The Morgan fingerprint density at radius 1 is 1.19 bits per heavy atom. The van der Waals surface area contributed by atoms with Gasteiger partial charge in [0.05, 0.1) is 17.8 Å². The van der Waals surface area contributed by atoms with Crippen molar-refractivity contribution in [3.05, 3.63) is 92.9 Å². The minimum atomic E-state index is -1.31. The van der Waals surface area contributed by atoms with E-state index in [1.807, 2.05) is 18.2 Å². The van der Waals surface area contributed by atoms with Gasteiger partial charge in [0.2, 0.25) is 0 Å². The van der Waals surface area contributed by atoms with Crippen LogP contribution in [0.5, 0.6) is 11.5 Å². The number of benzene rings is 3. The van der Waals surface area contributed by atoms with Gasteiger partial charge in [0.25, 0.3) is 5.91 Å². The summed E-state index contributed by atoms with van der Waals surface area (Å²) < 4.78 is 12.0. The van der Waals surface area contributed by atoms with Gasteiger partial charge < -0.3 is 14.6 Å². The van der Waals surface area contributed by atoms with E-state index in [9.17, 15) is 9.90 Å². The van der Waals surface area contributed by atoms with Crippen LogP contribution in [0.25, 0.3) is 0 Å². The Balaban J connectivity index is 1.67. The minimum Gasteiger partial charge on any atom is -0.493 e. The van der Waals surface area contributed by atoms with Crippen molar-refractivity contribution in [1.29, 1.82) is 0 Å². The summed E-state index contributed by atoms with van der Waals surface area (Å²) in [6.07, 6.45) is 0.140. The highest BCUT2D eigenvalue weighted by atomic mass is 79.9. The number of nitrogens with zero attached hydrogens (tertiary/aromatic N) is 1. The van der Waals surface area contributed by atoms with E-state index in [0.29, 0.717) is 32.1 Å². The molecule has 0 saturated heterocycles. The Kier molecular flexibility index (Phi) is 8.06. The molecule has 8 heteroatoms. The van der Waals surface area contributed by atoms with Crippen LogP contribution in [-0.2, 0) is 11.4 Å². The lowest BCUT2D eigenvalue weighted by molar-refractivity contribution is -0.129. The summed E-state index contributed by atoms with van der Waals surface area (Å²) in [6.45, 7) is 0.273. The normalized spacial score (nSPS) is 11.9. The molecule has 0 aromatic heterocycles. The van der Waals surface area contributed by atoms with Gasteiger partial charge in [-0.15, -0.1) is 0 Å². The first-order valence-electron chi connectivity index (χ1n) is 9.29. The molecule has 0 spiro atoms. The highest BCUT2D eigenvalue weighted by molar-refractivity contribution is 9.10. The van der Waals surface area contributed by atoms with Gasteiger partial charge in [-0.1, -0.05) is 60.1 Å². The molecule has 160 valence electrons. The monoisotopic (exact) mass is 502 g/mol. The smallest absolute Gasteiger partial charge is 0.273 e. The van der Waals surface area contributed by atoms with Gasteiger partial charge in [-0.05, 0) is 45.3 Å². The van der Waals surface area contributed by atoms with Gasteiger partial charge in [-0.25, -0.2) is 5.43 Å². The fourth-order valence-corrected chi connectivity index (χ4v) is 3.50. The summed E-state index contributed by atoms with van der Waals surface area (Å²) in [7, 11) is 1.53. The predicted octanol–water partition coefficient (Wildman–Crippen LogP) is 4.87. The van der Waals surface area contributed by atoms with Crippen molar-refractivity contribution in [2.45, 2.75) is 12.7 Å². The van der Waals surface area contributed by atoms with Crippen LogP contribution in [0.3, 0.4) is 0 Å². The van der Waals surface area contributed by atoms with Crippen LogP contribution in [0.1, 0.15) is 22.8 Å². The van der Waals surface area contributed by atoms with Crippen molar-refractivity contribution in [3.8, 4) is 11.5 Å². The molecule has 0 aliphatic carbocycles. The first kappa shape index (κ1) is 22.8. The average molecular weight is 504 g/mol. The lowest BCUT2D eigenvalue weighted by atomic mass is 10.1. The molecule has 0 saturated carbocycles. The number of carbonyl (C=O) groups excluding carboxylic acids is 1. The molecular formula is C23H20BrClN2O4. The van der Waals surface area contributed by atoms with Crippen molar-refractivity contribution in [1.82, 2.24) is 5.43 Å². The van der Waals surface area contributed by atoms with E-state index in [0.717, 1.165) is 5.56 Å². The van der Waals surface area contributed by atoms with E-state index in [2.05, 4.69) is 26.5 Å². The topological polar surface area (TPSA) is 80.2 Å². The highest BCUT2D eigenvalue weighted by Gasteiger charge is 2.16. The molecule has 1 amide bonds. The van der Waals surface area contributed by atoms with Gasteiger partial charge in [0, 0.05) is 10.6 Å². The molecule has 3 aromatic rings. The van der Waals surface area contributed by atoms with Gasteiger partial charge in [0.1, 0.15) is 6.61 Å². The van der Waals surface area contributed by atoms with Crippen molar-refractivity contribution in [2.24, 2.45) is 5.10 Å². The quantitative estimate of drug-likeness (QED) is 0.339. The molecule has 0 unspecified atom stereocenters. The Labute approximate surface area is 193 Å². The predicted molar refractivity (Wildman–Crippen MR) is 124 cm³/mol. The fraction of sp³-hybridized carbons (Fsp3) is 0.130. The molecule has 3 rings (SSSR count). The number of aliphatic hydroxyl groups excluding tert-OH is 1. The number of aliphatic hydroxyl groups is 1. The minimum absolute atomic E-state index is 0.273. The Hall–Kier alpha value is -2.87. The summed E-state index contributed by atoms with van der Waals surface area (Å²) >= 11 is 9.66. The molecule has 0 aliphatic rings. The number of ether oxygens (including phenoxy) is 2. The number of halogens is 2. The molecule has 2 N–H and O–H groups in total. The van der Waals surface area contributed by atoms with Gasteiger partial charge in [0.15, 0.2) is 17.6 Å². The zero-order valence-electron chi connectivity index (χ0n) is 16.6. The maximum atomic E-state index is 12.1. The molecule has 0 fully saturated rings. The van der Waals surface area contributed by atoms with Gasteiger partial charge >= 0.3 is 0 Å². The average Bonchev–Trinajstić information content (AvgIpc) is 2.79. The van der Waals surface area contributed by atoms with E-state index >= 15 is 0 Å². The second-order valence-corrected chi connectivity index (χ2v) is 7.72. The summed E-state index contributed by atoms with van der Waals surface area (Å²) in [4.78, 5) is 12.1. The van der Waals surface area contributed by atoms with E-state index in [1.165, 1.54) is 13.3 Å². The summed E-state index contributed by atoms with van der Waals surface area (Å²) in [5.74, 6) is 0.370. The van der Waals surface area contributed by atoms with E-state index < -0.39 is 12.0 Å². The molecule has 0 heterocycles. The Bertz CT molecular complexity index is 1080. The number of rotatable bonds is 8. The Morgan fingerprint density at radius 2 is 1.90 bits per heavy atom. The van der Waals surface area contributed by atoms with Crippen LogP contribution < -0.4 is 14.9 Å². The second-order valence-electron chi connectivity index (χ2n) is 6.46. The molecule has 6 nitrogen and oxygen atoms in total. The number of carbonyl (C=O) groups is 1. The van der Waals surface area contributed by atoms with E-state index in [-0.39, 0.29) is 6.61 Å². The summed E-state index contributed by atoms with van der Waals surface area (Å²) in [6, 6.07) is 19.5. The zero-order chi connectivity index (χ0) is 22.2. The van der Waals surface area contributed by atoms with Crippen molar-refractivity contribution < 1.29 is 19.4 Å². The number of nitrogens with one attached hydrogen (secondary N) is 1. The Morgan fingerprint density at radius 3 is 2.61 bits per heavy atom. The fourth-order valence-electron chi connectivity index (χ4n) is 2.74. The lowest BCUT2D eigenvalue weighted by Crippen LogP contribution is -2.25. The van der Waals surface area contributed by atoms with Crippen molar-refractivity contribution in [2.75, 3.05) is 7.11 Å². The van der Waals surface area contributed by atoms with E-state index in [1.54, 1.807) is 48.5 Å². The molecule has 31 heavy (non-hydrogen) atoms. The standard InChI is InChI=1S/C23H20BrClN2O4/c1-30-20-12-15(13-26-27-23(29)21(28)16-7-3-2-4-8-16)11-18(24)22(20)31-14-17-9-5-6-10-19(17)25/h2-13,21,28H,14H2,1H3,(H,27,29)/b26-13-/t21-/m0/s1. The third-order valence-corrected chi connectivity index (χ3v) is 5.29. The second kappa shape index (κ2) is 10.9. The van der Waals surface area contributed by atoms with E-state index in [4.69, 9.17) is 21.1 Å². The number of methoxy groups -OCH3 is 1. The van der Waals surface area contributed by atoms with Crippen molar-refractivity contribution >= 4 is 39.7 Å². The van der Waals surface area contributed by atoms with Crippen LogP contribution >= 0.6 is 27.5 Å². The van der Waals surface area contributed by atoms with Crippen LogP contribution in [0.4, 0.5) is 0 Å². The first-order valence-corrected chi connectivity index (χ1v) is 10.5. The highest BCUT2D eigenvalue weighted by Crippen LogP contribution is 2.37. The third kappa shape index (κ3) is 6.07. The molecule has 0 bridgehead atoms. The van der Waals surface area contributed by atoms with Crippen LogP contribution in [-0.4, -0.2) is 24.3 Å². The first-order chi connectivity index (χ1) is 15.0. The maximum Gasteiger partial charge on any atom is 0.273 e. The third-order valence-electron chi connectivity index (χ3n) is 4.33.